The maximum Gasteiger partial charge on any atom is 0.337 e. The minimum Gasteiger partial charge on any atom is -0.463 e. The zero-order chi connectivity index (χ0) is 16.8. The number of ether oxygens (including phenoxy) is 1. The van der Waals surface area contributed by atoms with Gasteiger partial charge in [0.1, 0.15) is 0 Å². The Morgan fingerprint density at radius 2 is 2.09 bits per heavy atom. The molecule has 1 atom stereocenters. The quantitative estimate of drug-likeness (QED) is 0.695. The summed E-state index contributed by atoms with van der Waals surface area (Å²) >= 11 is 5.88. The van der Waals surface area contributed by atoms with Gasteiger partial charge in [-0.3, -0.25) is 0 Å². The van der Waals surface area contributed by atoms with Crippen LogP contribution in [-0.4, -0.2) is 31.7 Å². The van der Waals surface area contributed by atoms with Crippen LogP contribution in [0.1, 0.15) is 25.5 Å². The van der Waals surface area contributed by atoms with Crippen LogP contribution in [0.4, 0.5) is 4.79 Å². The van der Waals surface area contributed by atoms with Crippen LogP contribution in [0.25, 0.3) is 0 Å². The molecule has 0 bridgehead atoms. The molecule has 1 aromatic rings. The summed E-state index contributed by atoms with van der Waals surface area (Å²) in [5, 5.41) is 9.21. The number of halogens is 1. The summed E-state index contributed by atoms with van der Waals surface area (Å²) in [6.07, 6.45) is 0. The van der Waals surface area contributed by atoms with E-state index in [1.165, 1.54) is 0 Å². The lowest BCUT2D eigenvalue weighted by Gasteiger charge is -2.23. The van der Waals surface area contributed by atoms with Crippen LogP contribution in [0, 0.1) is 0 Å². The number of hydrogen-bond acceptors (Lipinski definition) is 4. The molecular weight excluding hydrogens is 318 g/mol. The second kappa shape index (κ2) is 7.99. The van der Waals surface area contributed by atoms with E-state index in [1.807, 2.05) is 31.2 Å². The first kappa shape index (κ1) is 17.3. The van der Waals surface area contributed by atoms with Gasteiger partial charge in [0.05, 0.1) is 18.7 Å². The standard InChI is InChI=1S/C16H20ClN3O3/c1-3-23-15(21)13-8-19-16(22)20-14(13)9-18-10(2)11-4-6-12(17)7-5-11/h4-7,10,18H,3,8-9H2,1-2H3,(H2,19,20,22)/t10-/m0/s1. The largest absolute Gasteiger partial charge is 0.463 e. The molecule has 0 radical (unpaired) electrons. The Kier molecular flexibility index (Phi) is 6.01. The van der Waals surface area contributed by atoms with Gasteiger partial charge in [-0.05, 0) is 31.5 Å². The van der Waals surface area contributed by atoms with Crippen LogP contribution in [0.5, 0.6) is 0 Å². The molecule has 0 fully saturated rings. The molecule has 124 valence electrons. The van der Waals surface area contributed by atoms with E-state index in [2.05, 4.69) is 16.0 Å². The zero-order valence-corrected chi connectivity index (χ0v) is 13.9. The third-order valence-corrected chi connectivity index (χ3v) is 3.78. The fourth-order valence-electron chi connectivity index (χ4n) is 2.22. The predicted octanol–water partition coefficient (Wildman–Crippen LogP) is 2.12. The average Bonchev–Trinajstić information content (AvgIpc) is 2.53. The Balaban J connectivity index is 2.06. The van der Waals surface area contributed by atoms with Crippen molar-refractivity contribution in [2.45, 2.75) is 19.9 Å². The van der Waals surface area contributed by atoms with Gasteiger partial charge in [0, 0.05) is 23.3 Å². The van der Waals surface area contributed by atoms with Crippen LogP contribution in [0.3, 0.4) is 0 Å². The highest BCUT2D eigenvalue weighted by atomic mass is 35.5. The number of urea groups is 1. The van der Waals surface area contributed by atoms with Gasteiger partial charge in [-0.2, -0.15) is 0 Å². The first-order valence-corrected chi connectivity index (χ1v) is 7.82. The molecule has 6 nitrogen and oxygen atoms in total. The summed E-state index contributed by atoms with van der Waals surface area (Å²) in [5.41, 5.74) is 2.03. The molecule has 1 aromatic carbocycles. The SMILES string of the molecule is CCOC(=O)C1=C(CN[C@@H](C)c2ccc(Cl)cc2)NC(=O)NC1. The molecule has 0 aliphatic carbocycles. The molecule has 1 aliphatic rings. The van der Waals surface area contributed by atoms with Crippen molar-refractivity contribution in [2.24, 2.45) is 0 Å². The fraction of sp³-hybridized carbons (Fsp3) is 0.375. The summed E-state index contributed by atoms with van der Waals surface area (Å²) < 4.78 is 5.02. The van der Waals surface area contributed by atoms with Crippen molar-refractivity contribution >= 4 is 23.6 Å². The van der Waals surface area contributed by atoms with Crippen molar-refractivity contribution < 1.29 is 14.3 Å². The lowest BCUT2D eigenvalue weighted by atomic mass is 10.1. The Bertz CT molecular complexity index is 614. The van der Waals surface area contributed by atoms with E-state index in [0.29, 0.717) is 22.8 Å². The average molecular weight is 338 g/mol. The van der Waals surface area contributed by atoms with E-state index in [4.69, 9.17) is 16.3 Å². The number of carbonyl (C=O) groups is 2. The van der Waals surface area contributed by atoms with Crippen LogP contribution >= 0.6 is 11.6 Å². The van der Waals surface area contributed by atoms with Gasteiger partial charge in [0.2, 0.25) is 0 Å². The number of hydrogen-bond donors (Lipinski definition) is 3. The molecule has 3 N–H and O–H groups in total. The number of esters is 1. The van der Waals surface area contributed by atoms with E-state index in [-0.39, 0.29) is 25.2 Å². The maximum atomic E-state index is 12.0. The normalized spacial score (nSPS) is 15.7. The summed E-state index contributed by atoms with van der Waals surface area (Å²) in [6.45, 7) is 4.55. The monoisotopic (exact) mass is 337 g/mol. The molecule has 7 heteroatoms. The minimum atomic E-state index is -0.420. The summed E-state index contributed by atoms with van der Waals surface area (Å²) in [7, 11) is 0. The maximum absolute atomic E-state index is 12.0. The van der Waals surface area contributed by atoms with Crippen molar-refractivity contribution in [3.05, 3.63) is 46.1 Å². The molecule has 0 saturated heterocycles. The van der Waals surface area contributed by atoms with Crippen molar-refractivity contribution in [2.75, 3.05) is 19.7 Å². The van der Waals surface area contributed by atoms with Gasteiger partial charge < -0.3 is 20.7 Å². The zero-order valence-electron chi connectivity index (χ0n) is 13.1. The number of benzene rings is 1. The predicted molar refractivity (Wildman–Crippen MR) is 88.1 cm³/mol. The lowest BCUT2D eigenvalue weighted by Crippen LogP contribution is -2.46. The van der Waals surface area contributed by atoms with E-state index < -0.39 is 5.97 Å². The second-order valence-corrected chi connectivity index (χ2v) is 5.58. The van der Waals surface area contributed by atoms with E-state index in [9.17, 15) is 9.59 Å². The molecule has 2 amide bonds. The van der Waals surface area contributed by atoms with Crippen LogP contribution in [-0.2, 0) is 9.53 Å². The van der Waals surface area contributed by atoms with Gasteiger partial charge in [-0.25, -0.2) is 9.59 Å². The number of amides is 2. The van der Waals surface area contributed by atoms with Crippen LogP contribution in [0.2, 0.25) is 5.02 Å². The van der Waals surface area contributed by atoms with Gasteiger partial charge >= 0.3 is 12.0 Å². The van der Waals surface area contributed by atoms with Gasteiger partial charge in [-0.15, -0.1) is 0 Å². The van der Waals surface area contributed by atoms with Crippen molar-refractivity contribution in [1.82, 2.24) is 16.0 Å². The summed E-state index contributed by atoms with van der Waals surface area (Å²) in [4.78, 5) is 23.5. The Morgan fingerprint density at radius 3 is 2.74 bits per heavy atom. The van der Waals surface area contributed by atoms with Gasteiger partial charge in [-0.1, -0.05) is 23.7 Å². The Morgan fingerprint density at radius 1 is 1.39 bits per heavy atom. The Labute approximate surface area is 140 Å². The first-order chi connectivity index (χ1) is 11.0. The second-order valence-electron chi connectivity index (χ2n) is 5.14. The number of carbonyl (C=O) groups excluding carboxylic acids is 2. The lowest BCUT2D eigenvalue weighted by molar-refractivity contribution is -0.138. The molecule has 23 heavy (non-hydrogen) atoms. The summed E-state index contributed by atoms with van der Waals surface area (Å²) in [6, 6.07) is 7.22. The van der Waals surface area contributed by atoms with E-state index >= 15 is 0 Å². The number of rotatable bonds is 6. The molecule has 0 aromatic heterocycles. The topological polar surface area (TPSA) is 79.5 Å². The van der Waals surface area contributed by atoms with E-state index in [1.54, 1.807) is 6.92 Å². The molecule has 2 rings (SSSR count). The van der Waals surface area contributed by atoms with Gasteiger partial charge in [0.15, 0.2) is 0 Å². The van der Waals surface area contributed by atoms with Crippen LogP contribution < -0.4 is 16.0 Å². The molecule has 0 saturated carbocycles. The summed E-state index contributed by atoms with van der Waals surface area (Å²) in [5.74, 6) is -0.420. The van der Waals surface area contributed by atoms with Crippen molar-refractivity contribution in [1.29, 1.82) is 0 Å². The first-order valence-electron chi connectivity index (χ1n) is 7.44. The highest BCUT2D eigenvalue weighted by Crippen LogP contribution is 2.16. The Hall–Kier alpha value is -2.05. The van der Waals surface area contributed by atoms with E-state index in [0.717, 1.165) is 5.56 Å². The van der Waals surface area contributed by atoms with Crippen molar-refractivity contribution in [3.8, 4) is 0 Å². The third-order valence-electron chi connectivity index (χ3n) is 3.53. The molecule has 0 unspecified atom stereocenters. The molecular formula is C16H20ClN3O3. The third kappa shape index (κ3) is 4.71. The van der Waals surface area contributed by atoms with Crippen LogP contribution in [0.15, 0.2) is 35.5 Å². The molecule has 1 heterocycles. The molecule has 1 aliphatic heterocycles. The fourth-order valence-corrected chi connectivity index (χ4v) is 2.35. The smallest absolute Gasteiger partial charge is 0.337 e. The molecule has 0 spiro atoms. The number of nitrogens with one attached hydrogen (secondary N) is 3. The highest BCUT2D eigenvalue weighted by molar-refractivity contribution is 6.30. The highest BCUT2D eigenvalue weighted by Gasteiger charge is 2.23. The van der Waals surface area contributed by atoms with Gasteiger partial charge in [0.25, 0.3) is 0 Å². The minimum absolute atomic E-state index is 0.0370. The van der Waals surface area contributed by atoms with Crippen molar-refractivity contribution in [3.63, 3.8) is 0 Å².